The fraction of sp³-hybridized carbons (Fsp3) is 0.364. The van der Waals surface area contributed by atoms with Gasteiger partial charge in [0.25, 0.3) is 0 Å². The number of rotatable bonds is 1. The van der Waals surface area contributed by atoms with Gasteiger partial charge < -0.3 is 10.3 Å². The second kappa shape index (κ2) is 3.20. The molecule has 0 amide bonds. The van der Waals surface area contributed by atoms with Crippen molar-refractivity contribution in [2.24, 2.45) is 5.92 Å². The largest absolute Gasteiger partial charge is 0.369 e. The van der Waals surface area contributed by atoms with Gasteiger partial charge in [-0.1, -0.05) is 6.92 Å². The molecule has 84 valence electrons. The first kappa shape index (κ1) is 10.1. The van der Waals surface area contributed by atoms with Crippen LogP contribution in [-0.2, 0) is 0 Å². The van der Waals surface area contributed by atoms with Crippen LogP contribution < -0.4 is 5.73 Å². The predicted octanol–water partition coefficient (Wildman–Crippen LogP) is 3.10. The SMILES string of the molecule is CC1CC1n1c(N)nc2cc(F)c(Br)cc21. The number of nitrogens with two attached hydrogens (primary N) is 1. The molecular weight excluding hydrogens is 273 g/mol. The van der Waals surface area contributed by atoms with Crippen LogP contribution in [0.4, 0.5) is 10.3 Å². The fourth-order valence-electron chi connectivity index (χ4n) is 2.12. The van der Waals surface area contributed by atoms with E-state index >= 15 is 0 Å². The van der Waals surface area contributed by atoms with E-state index in [4.69, 9.17) is 5.73 Å². The number of hydrogen-bond donors (Lipinski definition) is 1. The summed E-state index contributed by atoms with van der Waals surface area (Å²) in [4.78, 5) is 4.19. The van der Waals surface area contributed by atoms with Gasteiger partial charge in [-0.3, -0.25) is 0 Å². The first-order chi connectivity index (χ1) is 7.58. The lowest BCUT2D eigenvalue weighted by Crippen LogP contribution is -2.01. The molecule has 0 radical (unpaired) electrons. The lowest BCUT2D eigenvalue weighted by atomic mass is 10.3. The van der Waals surface area contributed by atoms with Crippen LogP contribution in [0.5, 0.6) is 0 Å². The summed E-state index contributed by atoms with van der Waals surface area (Å²) in [7, 11) is 0. The Balaban J connectivity index is 2.27. The summed E-state index contributed by atoms with van der Waals surface area (Å²) in [5.41, 5.74) is 7.40. The molecule has 1 aromatic carbocycles. The second-order valence-electron chi connectivity index (χ2n) is 4.38. The average molecular weight is 284 g/mol. The molecule has 2 unspecified atom stereocenters. The quantitative estimate of drug-likeness (QED) is 0.874. The lowest BCUT2D eigenvalue weighted by Gasteiger charge is -2.04. The Labute approximate surface area is 101 Å². The summed E-state index contributed by atoms with van der Waals surface area (Å²) in [6.07, 6.45) is 1.12. The highest BCUT2D eigenvalue weighted by Gasteiger charge is 2.36. The number of fused-ring (bicyclic) bond motifs is 1. The van der Waals surface area contributed by atoms with Crippen LogP contribution in [0.25, 0.3) is 11.0 Å². The van der Waals surface area contributed by atoms with Crippen molar-refractivity contribution in [2.75, 3.05) is 5.73 Å². The van der Waals surface area contributed by atoms with Gasteiger partial charge in [0.1, 0.15) is 5.82 Å². The Hall–Kier alpha value is -1.10. The van der Waals surface area contributed by atoms with Gasteiger partial charge in [0.15, 0.2) is 0 Å². The first-order valence-corrected chi connectivity index (χ1v) is 5.99. The Kier molecular flexibility index (Phi) is 2.01. The van der Waals surface area contributed by atoms with E-state index in [2.05, 4.69) is 27.8 Å². The smallest absolute Gasteiger partial charge is 0.201 e. The molecule has 0 aliphatic heterocycles. The van der Waals surface area contributed by atoms with Gasteiger partial charge >= 0.3 is 0 Å². The molecule has 16 heavy (non-hydrogen) atoms. The molecule has 2 atom stereocenters. The zero-order valence-electron chi connectivity index (χ0n) is 8.74. The maximum Gasteiger partial charge on any atom is 0.201 e. The van der Waals surface area contributed by atoms with E-state index in [1.165, 1.54) is 6.07 Å². The Morgan fingerprint density at radius 3 is 2.88 bits per heavy atom. The molecule has 0 saturated heterocycles. The van der Waals surface area contributed by atoms with Gasteiger partial charge in [-0.15, -0.1) is 0 Å². The van der Waals surface area contributed by atoms with E-state index in [1.807, 2.05) is 4.57 Å². The van der Waals surface area contributed by atoms with Crippen molar-refractivity contribution in [1.82, 2.24) is 9.55 Å². The van der Waals surface area contributed by atoms with Crippen LogP contribution in [0.15, 0.2) is 16.6 Å². The maximum atomic E-state index is 13.3. The molecule has 2 aromatic rings. The number of halogens is 2. The molecule has 1 fully saturated rings. The zero-order valence-corrected chi connectivity index (χ0v) is 10.3. The van der Waals surface area contributed by atoms with Crippen LogP contribution in [0.2, 0.25) is 0 Å². The van der Waals surface area contributed by atoms with Crippen LogP contribution in [0.1, 0.15) is 19.4 Å². The number of nitrogen functional groups attached to an aromatic ring is 1. The minimum Gasteiger partial charge on any atom is -0.369 e. The van der Waals surface area contributed by atoms with E-state index in [1.54, 1.807) is 6.07 Å². The van der Waals surface area contributed by atoms with Gasteiger partial charge in [-0.25, -0.2) is 9.37 Å². The molecular formula is C11H11BrFN3. The molecule has 0 spiro atoms. The zero-order chi connectivity index (χ0) is 11.4. The van der Waals surface area contributed by atoms with Crippen molar-refractivity contribution in [3.8, 4) is 0 Å². The molecule has 1 aromatic heterocycles. The molecule has 2 N–H and O–H groups in total. The average Bonchev–Trinajstić information content (AvgIpc) is 2.82. The maximum absolute atomic E-state index is 13.3. The third-order valence-electron chi connectivity index (χ3n) is 3.16. The minimum absolute atomic E-state index is 0.305. The van der Waals surface area contributed by atoms with E-state index in [9.17, 15) is 4.39 Å². The standard InChI is InChI=1S/C11H11BrFN3/c1-5-2-9(5)16-10-3-6(12)7(13)4-8(10)15-11(16)14/h3-5,9H,2H2,1H3,(H2,14,15). The normalized spacial score (nSPS) is 23.9. The van der Waals surface area contributed by atoms with E-state index in [0.717, 1.165) is 11.9 Å². The van der Waals surface area contributed by atoms with Crippen molar-refractivity contribution in [3.05, 3.63) is 22.4 Å². The van der Waals surface area contributed by atoms with Crippen LogP contribution in [0.3, 0.4) is 0 Å². The topological polar surface area (TPSA) is 43.8 Å². The highest BCUT2D eigenvalue weighted by Crippen LogP contribution is 2.46. The molecule has 3 rings (SSSR count). The molecule has 1 heterocycles. The number of benzene rings is 1. The third-order valence-corrected chi connectivity index (χ3v) is 3.77. The summed E-state index contributed by atoms with van der Waals surface area (Å²) >= 11 is 3.19. The van der Waals surface area contributed by atoms with Crippen molar-refractivity contribution >= 4 is 32.9 Å². The Morgan fingerprint density at radius 1 is 1.56 bits per heavy atom. The van der Waals surface area contributed by atoms with Crippen LogP contribution >= 0.6 is 15.9 Å². The van der Waals surface area contributed by atoms with Gasteiger partial charge in [0.2, 0.25) is 5.95 Å². The number of imidazole rings is 1. The monoisotopic (exact) mass is 283 g/mol. The van der Waals surface area contributed by atoms with Gasteiger partial charge in [-0.05, 0) is 34.3 Å². The van der Waals surface area contributed by atoms with Gasteiger partial charge in [0, 0.05) is 12.1 Å². The second-order valence-corrected chi connectivity index (χ2v) is 5.23. The summed E-state index contributed by atoms with van der Waals surface area (Å²) in [5, 5.41) is 0. The highest BCUT2D eigenvalue weighted by atomic mass is 79.9. The van der Waals surface area contributed by atoms with Crippen molar-refractivity contribution < 1.29 is 4.39 Å². The van der Waals surface area contributed by atoms with E-state index in [0.29, 0.717) is 27.9 Å². The summed E-state index contributed by atoms with van der Waals surface area (Å²) in [6.45, 7) is 2.18. The van der Waals surface area contributed by atoms with Crippen molar-refractivity contribution in [3.63, 3.8) is 0 Å². The molecule has 5 heteroatoms. The highest BCUT2D eigenvalue weighted by molar-refractivity contribution is 9.10. The van der Waals surface area contributed by atoms with Crippen LogP contribution in [0, 0.1) is 11.7 Å². The summed E-state index contributed by atoms with van der Waals surface area (Å²) in [5.74, 6) is 0.798. The van der Waals surface area contributed by atoms with Crippen LogP contribution in [-0.4, -0.2) is 9.55 Å². The fourth-order valence-corrected chi connectivity index (χ4v) is 2.45. The Bertz CT molecular complexity index is 578. The predicted molar refractivity (Wildman–Crippen MR) is 64.6 cm³/mol. The third kappa shape index (κ3) is 1.34. The van der Waals surface area contributed by atoms with E-state index in [-0.39, 0.29) is 5.82 Å². The Morgan fingerprint density at radius 2 is 2.25 bits per heavy atom. The molecule has 1 saturated carbocycles. The van der Waals surface area contributed by atoms with Gasteiger partial charge in [-0.2, -0.15) is 0 Å². The molecule has 1 aliphatic rings. The first-order valence-electron chi connectivity index (χ1n) is 5.20. The number of aromatic nitrogens is 2. The molecule has 1 aliphatic carbocycles. The molecule has 3 nitrogen and oxygen atoms in total. The minimum atomic E-state index is -0.305. The molecule has 0 bridgehead atoms. The summed E-state index contributed by atoms with van der Waals surface area (Å²) in [6, 6.07) is 3.58. The number of hydrogen-bond acceptors (Lipinski definition) is 2. The number of anilines is 1. The summed E-state index contributed by atoms with van der Waals surface area (Å²) < 4.78 is 15.8. The van der Waals surface area contributed by atoms with Gasteiger partial charge in [0.05, 0.1) is 15.5 Å². The lowest BCUT2D eigenvalue weighted by molar-refractivity contribution is 0.622. The van der Waals surface area contributed by atoms with Crippen molar-refractivity contribution in [1.29, 1.82) is 0 Å². The van der Waals surface area contributed by atoms with Crippen molar-refractivity contribution in [2.45, 2.75) is 19.4 Å². The number of nitrogens with zero attached hydrogens (tertiary/aromatic N) is 2. The van der Waals surface area contributed by atoms with E-state index < -0.39 is 0 Å².